The van der Waals surface area contributed by atoms with Gasteiger partial charge in [-0.15, -0.1) is 11.8 Å². The van der Waals surface area contributed by atoms with Crippen molar-refractivity contribution in [2.45, 2.75) is 10.1 Å². The van der Waals surface area contributed by atoms with Gasteiger partial charge >= 0.3 is 0 Å². The molecule has 2 aromatic carbocycles. The molecule has 0 radical (unpaired) electrons. The maximum atomic E-state index is 12.8. The van der Waals surface area contributed by atoms with Crippen LogP contribution < -0.4 is 5.32 Å². The fourth-order valence-electron chi connectivity index (χ4n) is 2.19. The first-order valence-electron chi connectivity index (χ1n) is 7.51. The topological polar surface area (TPSA) is 42.0 Å². The van der Waals surface area contributed by atoms with Gasteiger partial charge in [-0.3, -0.25) is 4.79 Å². The van der Waals surface area contributed by atoms with Crippen molar-refractivity contribution < 1.29 is 4.79 Å². The second-order valence-electron chi connectivity index (χ2n) is 5.21. The number of benzene rings is 2. The van der Waals surface area contributed by atoms with E-state index < -0.39 is 5.25 Å². The van der Waals surface area contributed by atoms with E-state index in [0.717, 1.165) is 10.5 Å². The molecule has 6 heteroatoms. The number of anilines is 1. The Morgan fingerprint density at radius 2 is 1.60 bits per heavy atom. The predicted octanol–water partition coefficient (Wildman–Crippen LogP) is 5.86. The van der Waals surface area contributed by atoms with E-state index in [-0.39, 0.29) is 5.91 Å². The van der Waals surface area contributed by atoms with Crippen molar-refractivity contribution in [1.29, 1.82) is 0 Å². The minimum absolute atomic E-state index is 0.152. The van der Waals surface area contributed by atoms with Crippen LogP contribution in [0.1, 0.15) is 10.8 Å². The fourth-order valence-corrected chi connectivity index (χ4v) is 3.45. The van der Waals surface area contributed by atoms with E-state index in [1.54, 1.807) is 12.1 Å². The number of rotatable bonds is 5. The third-order valence-corrected chi connectivity index (χ3v) is 5.13. The van der Waals surface area contributed by atoms with Crippen molar-refractivity contribution in [2.24, 2.45) is 0 Å². The van der Waals surface area contributed by atoms with Gasteiger partial charge in [-0.1, -0.05) is 53.5 Å². The van der Waals surface area contributed by atoms with Crippen molar-refractivity contribution >= 4 is 46.7 Å². The summed E-state index contributed by atoms with van der Waals surface area (Å²) in [6.45, 7) is 0. The van der Waals surface area contributed by atoms with Gasteiger partial charge in [0.15, 0.2) is 0 Å². The summed E-state index contributed by atoms with van der Waals surface area (Å²) < 4.78 is 0. The van der Waals surface area contributed by atoms with Crippen LogP contribution in [0.25, 0.3) is 0 Å². The number of nitrogens with one attached hydrogen (secondary N) is 1. The van der Waals surface area contributed by atoms with Crippen molar-refractivity contribution in [3.63, 3.8) is 0 Å². The zero-order valence-electron chi connectivity index (χ0n) is 13.0. The van der Waals surface area contributed by atoms with Gasteiger partial charge in [-0.05, 0) is 42.0 Å². The Balaban J connectivity index is 1.83. The van der Waals surface area contributed by atoms with Crippen LogP contribution in [-0.2, 0) is 4.79 Å². The second kappa shape index (κ2) is 8.39. The molecule has 1 unspecified atom stereocenters. The van der Waals surface area contributed by atoms with Gasteiger partial charge < -0.3 is 5.32 Å². The maximum absolute atomic E-state index is 12.8. The Hall–Kier alpha value is -2.01. The quantitative estimate of drug-likeness (QED) is 0.556. The molecular formula is C19H14Cl2N2OS. The predicted molar refractivity (Wildman–Crippen MR) is 104 cm³/mol. The van der Waals surface area contributed by atoms with Crippen molar-refractivity contribution in [3.05, 3.63) is 88.5 Å². The van der Waals surface area contributed by atoms with Gasteiger partial charge in [0, 0.05) is 16.1 Å². The zero-order valence-corrected chi connectivity index (χ0v) is 15.4. The number of nitrogens with zero attached hydrogens (tertiary/aromatic N) is 1. The lowest BCUT2D eigenvalue weighted by Crippen LogP contribution is -2.19. The van der Waals surface area contributed by atoms with E-state index in [9.17, 15) is 4.79 Å². The Morgan fingerprint density at radius 1 is 0.920 bits per heavy atom. The molecule has 0 fully saturated rings. The summed E-state index contributed by atoms with van der Waals surface area (Å²) in [5, 5.41) is 3.61. The molecule has 3 rings (SSSR count). The molecule has 25 heavy (non-hydrogen) atoms. The number of halogens is 2. The number of pyridine rings is 1. The van der Waals surface area contributed by atoms with Crippen LogP contribution in [0.2, 0.25) is 10.0 Å². The Morgan fingerprint density at radius 3 is 2.24 bits per heavy atom. The van der Waals surface area contributed by atoms with Crippen LogP contribution >= 0.6 is 35.0 Å². The first kappa shape index (κ1) is 17.8. The van der Waals surface area contributed by atoms with E-state index >= 15 is 0 Å². The number of amides is 1. The lowest BCUT2D eigenvalue weighted by molar-refractivity contribution is -0.115. The zero-order chi connectivity index (χ0) is 17.6. The molecule has 1 N–H and O–H groups in total. The molecule has 1 heterocycles. The summed E-state index contributed by atoms with van der Waals surface area (Å²) in [5.74, 6) is 0.313. The molecule has 3 nitrogen and oxygen atoms in total. The first-order chi connectivity index (χ1) is 12.1. The smallest absolute Gasteiger partial charge is 0.243 e. The molecule has 1 amide bonds. The van der Waals surface area contributed by atoms with E-state index in [0.29, 0.717) is 15.9 Å². The summed E-state index contributed by atoms with van der Waals surface area (Å²) in [5.41, 5.74) is 0.911. The maximum Gasteiger partial charge on any atom is 0.243 e. The van der Waals surface area contributed by atoms with Crippen molar-refractivity contribution in [3.8, 4) is 0 Å². The minimum Gasteiger partial charge on any atom is -0.309 e. The molecule has 0 aliphatic heterocycles. The number of hydrogen-bond acceptors (Lipinski definition) is 3. The molecule has 126 valence electrons. The molecule has 0 bridgehead atoms. The molecule has 1 aromatic heterocycles. The normalized spacial score (nSPS) is 11.8. The van der Waals surface area contributed by atoms with Crippen LogP contribution in [-0.4, -0.2) is 10.9 Å². The van der Waals surface area contributed by atoms with Gasteiger partial charge in [-0.2, -0.15) is 0 Å². The number of thioether (sulfide) groups is 1. The largest absolute Gasteiger partial charge is 0.309 e. The van der Waals surface area contributed by atoms with Crippen molar-refractivity contribution in [1.82, 2.24) is 4.98 Å². The number of carbonyl (C=O) groups excluding carboxylic acids is 1. The van der Waals surface area contributed by atoms with Crippen molar-refractivity contribution in [2.75, 3.05) is 5.32 Å². The highest BCUT2D eigenvalue weighted by molar-refractivity contribution is 8.00. The number of aromatic nitrogens is 1. The highest BCUT2D eigenvalue weighted by Crippen LogP contribution is 2.36. The average Bonchev–Trinajstić information content (AvgIpc) is 2.64. The molecule has 0 saturated carbocycles. The molecule has 1 atom stereocenters. The standard InChI is InChI=1S/C19H14Cl2N2OS/c20-14-6-9-16(10-7-14)25-18(13-4-2-1-3-5-13)19(24)23-17-11-8-15(21)12-22-17/h1-12,18H,(H,22,23,24). The highest BCUT2D eigenvalue weighted by atomic mass is 35.5. The lowest BCUT2D eigenvalue weighted by atomic mass is 10.1. The Kier molecular flexibility index (Phi) is 5.97. The molecule has 0 spiro atoms. The average molecular weight is 389 g/mol. The van der Waals surface area contributed by atoms with E-state index in [1.807, 2.05) is 54.6 Å². The molecule has 0 saturated heterocycles. The molecule has 3 aromatic rings. The summed E-state index contributed by atoms with van der Waals surface area (Å²) in [6, 6.07) is 20.4. The fraction of sp³-hybridized carbons (Fsp3) is 0.0526. The monoisotopic (exact) mass is 388 g/mol. The van der Waals surface area contributed by atoms with Crippen LogP contribution in [0.15, 0.2) is 77.8 Å². The number of hydrogen-bond donors (Lipinski definition) is 1. The minimum atomic E-state index is -0.417. The van der Waals surface area contributed by atoms with Gasteiger partial charge in [0.1, 0.15) is 11.1 Å². The van der Waals surface area contributed by atoms with Crippen LogP contribution in [0, 0.1) is 0 Å². The molecule has 0 aliphatic rings. The van der Waals surface area contributed by atoms with E-state index in [1.165, 1.54) is 18.0 Å². The summed E-state index contributed by atoms with van der Waals surface area (Å²) >= 11 is 13.2. The highest BCUT2D eigenvalue weighted by Gasteiger charge is 2.22. The SMILES string of the molecule is O=C(Nc1ccc(Cl)cn1)C(Sc1ccc(Cl)cc1)c1ccccc1. The van der Waals surface area contributed by atoms with Gasteiger partial charge in [0.2, 0.25) is 5.91 Å². The third-order valence-electron chi connectivity index (χ3n) is 3.39. The molecule has 0 aliphatic carbocycles. The van der Waals surface area contributed by atoms with Gasteiger partial charge in [0.05, 0.1) is 5.02 Å². The summed E-state index contributed by atoms with van der Waals surface area (Å²) in [7, 11) is 0. The van der Waals surface area contributed by atoms with Gasteiger partial charge in [0.25, 0.3) is 0 Å². The Labute approximate surface area is 160 Å². The third kappa shape index (κ3) is 4.98. The molecular weight excluding hydrogens is 375 g/mol. The lowest BCUT2D eigenvalue weighted by Gasteiger charge is -2.17. The number of carbonyl (C=O) groups is 1. The van der Waals surface area contributed by atoms with Crippen LogP contribution in [0.5, 0.6) is 0 Å². The first-order valence-corrected chi connectivity index (χ1v) is 9.15. The van der Waals surface area contributed by atoms with Crippen LogP contribution in [0.4, 0.5) is 5.82 Å². The Bertz CT molecular complexity index is 840. The summed E-state index contributed by atoms with van der Waals surface area (Å²) in [6.07, 6.45) is 1.50. The second-order valence-corrected chi connectivity index (χ2v) is 7.26. The van der Waals surface area contributed by atoms with E-state index in [4.69, 9.17) is 23.2 Å². The van der Waals surface area contributed by atoms with Gasteiger partial charge in [-0.25, -0.2) is 4.98 Å². The van der Waals surface area contributed by atoms with E-state index in [2.05, 4.69) is 10.3 Å². The summed E-state index contributed by atoms with van der Waals surface area (Å²) in [4.78, 5) is 17.9. The van der Waals surface area contributed by atoms with Crippen LogP contribution in [0.3, 0.4) is 0 Å².